The first kappa shape index (κ1) is 12.5. The van der Waals surface area contributed by atoms with Crippen LogP contribution in [0.4, 0.5) is 4.79 Å². The predicted octanol–water partition coefficient (Wildman–Crippen LogP) is 3.09. The van der Waals surface area contributed by atoms with Gasteiger partial charge in [-0.1, -0.05) is 44.7 Å². The lowest BCUT2D eigenvalue weighted by Crippen LogP contribution is -2.34. The number of fused-ring (bicyclic) bond motifs is 1. The van der Waals surface area contributed by atoms with E-state index in [1.165, 1.54) is 36.0 Å². The predicted molar refractivity (Wildman–Crippen MR) is 73.9 cm³/mol. The normalized spacial score (nSPS) is 14.5. The van der Waals surface area contributed by atoms with Gasteiger partial charge in [0.1, 0.15) is 0 Å². The Balaban J connectivity index is 2.18. The van der Waals surface area contributed by atoms with Crippen molar-refractivity contribution in [2.24, 2.45) is 0 Å². The fourth-order valence-electron chi connectivity index (χ4n) is 2.39. The first-order chi connectivity index (χ1) is 7.99. The van der Waals surface area contributed by atoms with Gasteiger partial charge in [-0.2, -0.15) is 0 Å². The van der Waals surface area contributed by atoms with E-state index in [4.69, 9.17) is 0 Å². The highest BCUT2D eigenvalue weighted by Crippen LogP contribution is 2.29. The smallest absolute Gasteiger partial charge is 0.276 e. The Morgan fingerprint density at radius 2 is 2.06 bits per heavy atom. The van der Waals surface area contributed by atoms with Crippen LogP contribution >= 0.6 is 12.6 Å². The summed E-state index contributed by atoms with van der Waals surface area (Å²) in [6, 6.07) is 6.73. The average Bonchev–Trinajstić information content (AvgIpc) is 2.73. The number of thiol groups is 1. The molecule has 1 aliphatic rings. The number of carbonyl (C=O) groups is 1. The van der Waals surface area contributed by atoms with E-state index >= 15 is 0 Å². The monoisotopic (exact) mass is 249 g/mol. The molecule has 0 unspecified atom stereocenters. The van der Waals surface area contributed by atoms with Gasteiger partial charge in [0.2, 0.25) is 0 Å². The Kier molecular flexibility index (Phi) is 3.48. The molecule has 0 radical (unpaired) electrons. The quantitative estimate of drug-likeness (QED) is 0.792. The molecule has 17 heavy (non-hydrogen) atoms. The van der Waals surface area contributed by atoms with Crippen LogP contribution in [0.2, 0.25) is 0 Å². The molecule has 3 heteroatoms. The highest BCUT2D eigenvalue weighted by molar-refractivity contribution is 7.96. The van der Waals surface area contributed by atoms with Gasteiger partial charge in [0.25, 0.3) is 5.24 Å². The number of nitrogens with one attached hydrogen (secondary N) is 1. The van der Waals surface area contributed by atoms with Crippen LogP contribution in [-0.4, -0.2) is 11.8 Å². The van der Waals surface area contributed by atoms with Crippen molar-refractivity contribution in [3.63, 3.8) is 0 Å². The van der Waals surface area contributed by atoms with E-state index in [0.717, 1.165) is 0 Å². The molecule has 0 spiro atoms. The molecule has 1 aromatic rings. The van der Waals surface area contributed by atoms with Gasteiger partial charge in [0.15, 0.2) is 0 Å². The zero-order valence-electron chi connectivity index (χ0n) is 10.4. The molecule has 2 rings (SSSR count). The Hall–Kier alpha value is -0.960. The topological polar surface area (TPSA) is 29.1 Å². The molecule has 0 fully saturated rings. The van der Waals surface area contributed by atoms with Gasteiger partial charge in [0, 0.05) is 12.0 Å². The molecule has 1 aromatic carbocycles. The lowest BCUT2D eigenvalue weighted by atomic mass is 9.83. The largest absolute Gasteiger partial charge is 0.346 e. The third kappa shape index (κ3) is 2.83. The van der Waals surface area contributed by atoms with Crippen LogP contribution in [0.15, 0.2) is 18.2 Å². The Bertz CT molecular complexity index is 440. The summed E-state index contributed by atoms with van der Waals surface area (Å²) >= 11 is 3.74. The van der Waals surface area contributed by atoms with Crippen LogP contribution in [-0.2, 0) is 18.3 Å². The number of hydrogen-bond donors (Lipinski definition) is 2. The van der Waals surface area contributed by atoms with Gasteiger partial charge in [0.05, 0.1) is 0 Å². The van der Waals surface area contributed by atoms with E-state index in [2.05, 4.69) is 50.0 Å². The second-order valence-corrected chi connectivity index (χ2v) is 5.79. The molecule has 2 nitrogen and oxygen atoms in total. The standard InChI is InChI=1S/C14H19NOS/c1-14(2,9-15-13(16)17)12-7-6-10-4-3-5-11(10)8-12/h6-8H,3-5,9H2,1-2H3,(H2,15,16,17). The molecule has 0 bridgehead atoms. The van der Waals surface area contributed by atoms with Crippen molar-refractivity contribution in [1.82, 2.24) is 5.32 Å². The van der Waals surface area contributed by atoms with Gasteiger partial charge in [-0.15, -0.1) is 0 Å². The molecule has 1 aliphatic carbocycles. The summed E-state index contributed by atoms with van der Waals surface area (Å²) < 4.78 is 0. The van der Waals surface area contributed by atoms with E-state index in [1.54, 1.807) is 0 Å². The average molecular weight is 249 g/mol. The summed E-state index contributed by atoms with van der Waals surface area (Å²) in [6.07, 6.45) is 3.67. The van der Waals surface area contributed by atoms with Crippen molar-refractivity contribution in [3.8, 4) is 0 Å². The molecular formula is C14H19NOS. The Labute approximate surface area is 108 Å². The zero-order chi connectivity index (χ0) is 12.5. The van der Waals surface area contributed by atoms with Crippen LogP contribution in [0.1, 0.15) is 37.0 Å². The van der Waals surface area contributed by atoms with Gasteiger partial charge in [-0.3, -0.25) is 4.79 Å². The Morgan fingerprint density at radius 1 is 1.35 bits per heavy atom. The van der Waals surface area contributed by atoms with Crippen LogP contribution in [0.3, 0.4) is 0 Å². The summed E-state index contributed by atoms with van der Waals surface area (Å²) in [5, 5.41) is 2.51. The minimum absolute atomic E-state index is 0.0456. The molecule has 1 amide bonds. The summed E-state index contributed by atoms with van der Waals surface area (Å²) in [7, 11) is 0. The van der Waals surface area contributed by atoms with Crippen molar-refractivity contribution in [3.05, 3.63) is 34.9 Å². The maximum Gasteiger partial charge on any atom is 0.276 e. The van der Waals surface area contributed by atoms with Crippen molar-refractivity contribution >= 4 is 17.9 Å². The number of rotatable bonds is 3. The summed E-state index contributed by atoms with van der Waals surface area (Å²) in [6.45, 7) is 4.91. The lowest BCUT2D eigenvalue weighted by molar-refractivity contribution is 0.259. The van der Waals surface area contributed by atoms with Crippen LogP contribution in [0.25, 0.3) is 0 Å². The van der Waals surface area contributed by atoms with Crippen molar-refractivity contribution in [1.29, 1.82) is 0 Å². The minimum atomic E-state index is -0.265. The third-order valence-electron chi connectivity index (χ3n) is 3.56. The first-order valence-electron chi connectivity index (χ1n) is 6.08. The molecule has 0 saturated carbocycles. The van der Waals surface area contributed by atoms with E-state index < -0.39 is 0 Å². The zero-order valence-corrected chi connectivity index (χ0v) is 11.3. The van der Waals surface area contributed by atoms with Crippen molar-refractivity contribution in [2.75, 3.05) is 6.54 Å². The number of amides is 1. The fraction of sp³-hybridized carbons (Fsp3) is 0.500. The van der Waals surface area contributed by atoms with E-state index in [0.29, 0.717) is 6.54 Å². The van der Waals surface area contributed by atoms with Crippen LogP contribution in [0.5, 0.6) is 0 Å². The second-order valence-electron chi connectivity index (χ2n) is 5.38. The van der Waals surface area contributed by atoms with Crippen molar-refractivity contribution in [2.45, 2.75) is 38.5 Å². The Morgan fingerprint density at radius 3 is 2.76 bits per heavy atom. The third-order valence-corrected chi connectivity index (χ3v) is 3.72. The van der Waals surface area contributed by atoms with E-state index in [1.807, 2.05) is 0 Å². The lowest BCUT2D eigenvalue weighted by Gasteiger charge is -2.26. The van der Waals surface area contributed by atoms with Crippen LogP contribution in [0, 0.1) is 0 Å². The van der Waals surface area contributed by atoms with Gasteiger partial charge in [-0.05, 0) is 36.0 Å². The minimum Gasteiger partial charge on any atom is -0.346 e. The SMILES string of the molecule is CC(C)(CNC(=O)S)c1ccc2c(c1)CCC2. The molecule has 0 aromatic heterocycles. The van der Waals surface area contributed by atoms with Gasteiger partial charge >= 0.3 is 0 Å². The molecule has 92 valence electrons. The molecule has 0 atom stereocenters. The highest BCUT2D eigenvalue weighted by atomic mass is 32.1. The fourth-order valence-corrected chi connectivity index (χ4v) is 2.47. The summed E-state index contributed by atoms with van der Waals surface area (Å²) in [4.78, 5) is 10.9. The molecule has 1 N–H and O–H groups in total. The number of aryl methyl sites for hydroxylation is 2. The van der Waals surface area contributed by atoms with Crippen molar-refractivity contribution < 1.29 is 4.79 Å². The second kappa shape index (κ2) is 4.73. The van der Waals surface area contributed by atoms with E-state index in [-0.39, 0.29) is 10.7 Å². The molecule has 0 saturated heterocycles. The molecular weight excluding hydrogens is 230 g/mol. The number of carbonyl (C=O) groups excluding carboxylic acids is 1. The number of hydrogen-bond acceptors (Lipinski definition) is 1. The van der Waals surface area contributed by atoms with Gasteiger partial charge < -0.3 is 5.32 Å². The summed E-state index contributed by atoms with van der Waals surface area (Å²) in [5.41, 5.74) is 4.21. The van der Waals surface area contributed by atoms with Gasteiger partial charge in [-0.25, -0.2) is 0 Å². The van der Waals surface area contributed by atoms with E-state index in [9.17, 15) is 4.79 Å². The highest BCUT2D eigenvalue weighted by Gasteiger charge is 2.22. The first-order valence-corrected chi connectivity index (χ1v) is 6.53. The summed E-state index contributed by atoms with van der Waals surface area (Å²) in [5.74, 6) is 0. The maximum absolute atomic E-state index is 10.9. The molecule has 0 heterocycles. The van der Waals surface area contributed by atoms with Crippen LogP contribution < -0.4 is 5.32 Å². The maximum atomic E-state index is 10.9. The molecule has 0 aliphatic heterocycles. The number of benzene rings is 1.